The van der Waals surface area contributed by atoms with Crippen molar-refractivity contribution < 1.29 is 22.4 Å². The fraction of sp³-hybridized carbons (Fsp3) is 0.889. The van der Waals surface area contributed by atoms with Gasteiger partial charge in [-0.25, -0.2) is 8.78 Å². The smallest absolute Gasteiger partial charge is 0.334 e. The summed E-state index contributed by atoms with van der Waals surface area (Å²) in [7, 11) is 0. The molecule has 1 amide bonds. The molecule has 0 spiro atoms. The Morgan fingerprint density at radius 2 is 2.00 bits per heavy atom. The molecule has 0 radical (unpaired) electrons. The van der Waals surface area contributed by atoms with Gasteiger partial charge in [0.2, 0.25) is 0 Å². The summed E-state index contributed by atoms with van der Waals surface area (Å²) in [6, 6.07) is 0. The van der Waals surface area contributed by atoms with Gasteiger partial charge in [0.1, 0.15) is 0 Å². The molecule has 1 aliphatic heterocycles. The Kier molecular flexibility index (Phi) is 3.47. The first kappa shape index (κ1) is 13.2. The van der Waals surface area contributed by atoms with Crippen molar-refractivity contribution in [2.24, 2.45) is 0 Å². The Morgan fingerprint density at radius 3 is 2.44 bits per heavy atom. The van der Waals surface area contributed by atoms with E-state index in [4.69, 9.17) is 0 Å². The van der Waals surface area contributed by atoms with Crippen LogP contribution in [0.5, 0.6) is 0 Å². The van der Waals surface area contributed by atoms with Crippen LogP contribution >= 0.6 is 0 Å². The minimum atomic E-state index is -4.59. The van der Waals surface area contributed by atoms with Crippen molar-refractivity contribution >= 4 is 5.91 Å². The quantitative estimate of drug-likeness (QED) is 0.735. The summed E-state index contributed by atoms with van der Waals surface area (Å²) in [4.78, 5) is 12.0. The summed E-state index contributed by atoms with van der Waals surface area (Å²) in [6.45, 7) is 3.76. The van der Waals surface area contributed by atoms with Gasteiger partial charge in [0.05, 0.1) is 0 Å². The van der Waals surface area contributed by atoms with Crippen LogP contribution in [0.15, 0.2) is 0 Å². The van der Waals surface area contributed by atoms with Crippen molar-refractivity contribution in [2.75, 3.05) is 19.6 Å². The highest BCUT2D eigenvalue weighted by Gasteiger charge is 2.52. The molecular formula is C9H14F4N2O. The summed E-state index contributed by atoms with van der Waals surface area (Å²) in [5, 5.41) is 3.00. The highest BCUT2D eigenvalue weighted by molar-refractivity contribution is 5.84. The molecule has 0 saturated carbocycles. The van der Waals surface area contributed by atoms with Gasteiger partial charge < -0.3 is 10.2 Å². The lowest BCUT2D eigenvalue weighted by molar-refractivity contribution is -0.182. The molecule has 1 fully saturated rings. The molecule has 0 aromatic heterocycles. The van der Waals surface area contributed by atoms with E-state index in [0.717, 1.165) is 4.90 Å². The monoisotopic (exact) mass is 242 g/mol. The van der Waals surface area contributed by atoms with Crippen molar-refractivity contribution in [2.45, 2.75) is 31.7 Å². The number of nitrogens with zero attached hydrogens (tertiary/aromatic N) is 1. The molecule has 1 saturated heterocycles. The molecule has 1 rings (SSSR count). The normalized spacial score (nSPS) is 21.3. The van der Waals surface area contributed by atoms with Gasteiger partial charge in [-0.15, -0.1) is 0 Å². The van der Waals surface area contributed by atoms with Gasteiger partial charge in [-0.3, -0.25) is 4.79 Å². The standard InChI is InChI=1S/C9H14F4N2O/c1-8(2)5-15(4-3-14-8)7(16)9(12,13)6(10)11/h6,14H,3-5H2,1-2H3. The first-order chi connectivity index (χ1) is 7.17. The maximum atomic E-state index is 12.8. The highest BCUT2D eigenvalue weighted by atomic mass is 19.3. The predicted molar refractivity (Wildman–Crippen MR) is 49.6 cm³/mol. The number of rotatable bonds is 2. The van der Waals surface area contributed by atoms with Crippen LogP contribution < -0.4 is 5.32 Å². The van der Waals surface area contributed by atoms with Gasteiger partial charge in [-0.05, 0) is 13.8 Å². The Balaban J connectivity index is 2.75. The number of hydrogen-bond donors (Lipinski definition) is 1. The van der Waals surface area contributed by atoms with Crippen molar-refractivity contribution in [1.82, 2.24) is 10.2 Å². The Hall–Kier alpha value is -0.850. The Morgan fingerprint density at radius 1 is 1.44 bits per heavy atom. The first-order valence-corrected chi connectivity index (χ1v) is 4.87. The maximum absolute atomic E-state index is 12.8. The van der Waals surface area contributed by atoms with Crippen molar-refractivity contribution in [3.8, 4) is 0 Å². The lowest BCUT2D eigenvalue weighted by Gasteiger charge is -2.40. The van der Waals surface area contributed by atoms with Gasteiger partial charge in [0.25, 0.3) is 5.91 Å². The second kappa shape index (κ2) is 4.20. The second-order valence-corrected chi connectivity index (χ2v) is 4.46. The number of carbonyl (C=O) groups excluding carboxylic acids is 1. The average Bonchev–Trinajstić information content (AvgIpc) is 2.14. The molecule has 3 nitrogen and oxygen atoms in total. The molecule has 1 heterocycles. The van der Waals surface area contributed by atoms with Crippen LogP contribution in [-0.4, -0.2) is 48.3 Å². The summed E-state index contributed by atoms with van der Waals surface area (Å²) >= 11 is 0. The maximum Gasteiger partial charge on any atom is 0.383 e. The molecular weight excluding hydrogens is 228 g/mol. The zero-order valence-corrected chi connectivity index (χ0v) is 9.07. The van der Waals surface area contributed by atoms with E-state index < -0.39 is 23.8 Å². The third kappa shape index (κ3) is 2.63. The SMILES string of the molecule is CC1(C)CN(C(=O)C(F)(F)C(F)F)CCN1. The van der Waals surface area contributed by atoms with E-state index in [2.05, 4.69) is 5.32 Å². The topological polar surface area (TPSA) is 32.3 Å². The number of hydrogen-bond acceptors (Lipinski definition) is 2. The van der Waals surface area contributed by atoms with Crippen LogP contribution in [0.2, 0.25) is 0 Å². The summed E-state index contributed by atoms with van der Waals surface area (Å²) in [6.07, 6.45) is -3.96. The number of nitrogens with one attached hydrogen (secondary N) is 1. The van der Waals surface area contributed by atoms with E-state index >= 15 is 0 Å². The third-order valence-corrected chi connectivity index (χ3v) is 2.42. The molecule has 0 bridgehead atoms. The van der Waals surface area contributed by atoms with Crippen LogP contribution in [0.1, 0.15) is 13.8 Å². The number of amides is 1. The number of carbonyl (C=O) groups is 1. The van der Waals surface area contributed by atoms with Crippen LogP contribution in [0.3, 0.4) is 0 Å². The van der Waals surface area contributed by atoms with Crippen LogP contribution in [0.25, 0.3) is 0 Å². The van der Waals surface area contributed by atoms with E-state index in [0.29, 0.717) is 6.54 Å². The number of piperazine rings is 1. The molecule has 0 aromatic rings. The van der Waals surface area contributed by atoms with Gasteiger partial charge in [-0.1, -0.05) is 0 Å². The molecule has 0 atom stereocenters. The molecule has 16 heavy (non-hydrogen) atoms. The molecule has 1 aliphatic rings. The van der Waals surface area contributed by atoms with Crippen LogP contribution in [0.4, 0.5) is 17.6 Å². The van der Waals surface area contributed by atoms with Crippen molar-refractivity contribution in [3.63, 3.8) is 0 Å². The summed E-state index contributed by atoms with van der Waals surface area (Å²) in [5.41, 5.74) is -0.536. The lowest BCUT2D eigenvalue weighted by Crippen LogP contribution is -2.61. The van der Waals surface area contributed by atoms with Crippen molar-refractivity contribution in [1.29, 1.82) is 0 Å². The average molecular weight is 242 g/mol. The second-order valence-electron chi connectivity index (χ2n) is 4.46. The molecule has 1 N–H and O–H groups in total. The van der Waals surface area contributed by atoms with Gasteiger partial charge in [-0.2, -0.15) is 8.78 Å². The van der Waals surface area contributed by atoms with Gasteiger partial charge in [0.15, 0.2) is 0 Å². The lowest BCUT2D eigenvalue weighted by atomic mass is 10.0. The van der Waals surface area contributed by atoms with Gasteiger partial charge >= 0.3 is 12.3 Å². The Bertz CT molecular complexity index is 281. The van der Waals surface area contributed by atoms with Gasteiger partial charge in [0, 0.05) is 25.2 Å². The fourth-order valence-corrected chi connectivity index (χ4v) is 1.62. The van der Waals surface area contributed by atoms with E-state index in [1.54, 1.807) is 13.8 Å². The Labute approximate surface area is 90.8 Å². The van der Waals surface area contributed by atoms with E-state index in [-0.39, 0.29) is 13.1 Å². The molecule has 0 aliphatic carbocycles. The third-order valence-electron chi connectivity index (χ3n) is 2.42. The fourth-order valence-electron chi connectivity index (χ4n) is 1.62. The minimum absolute atomic E-state index is 0.00581. The minimum Gasteiger partial charge on any atom is -0.334 e. The largest absolute Gasteiger partial charge is 0.383 e. The number of alkyl halides is 4. The zero-order chi connectivity index (χ0) is 12.6. The molecule has 94 valence electrons. The van der Waals surface area contributed by atoms with E-state index in [9.17, 15) is 22.4 Å². The zero-order valence-electron chi connectivity index (χ0n) is 9.07. The predicted octanol–water partition coefficient (Wildman–Crippen LogP) is 1.10. The van der Waals surface area contributed by atoms with Crippen LogP contribution in [-0.2, 0) is 4.79 Å². The van der Waals surface area contributed by atoms with Crippen molar-refractivity contribution in [3.05, 3.63) is 0 Å². The van der Waals surface area contributed by atoms with Crippen LogP contribution in [0, 0.1) is 0 Å². The highest BCUT2D eigenvalue weighted by Crippen LogP contribution is 2.26. The number of halogens is 4. The first-order valence-electron chi connectivity index (χ1n) is 4.87. The molecule has 7 heteroatoms. The van der Waals surface area contributed by atoms with E-state index in [1.165, 1.54) is 0 Å². The van der Waals surface area contributed by atoms with E-state index in [1.807, 2.05) is 0 Å². The molecule has 0 unspecified atom stereocenters. The summed E-state index contributed by atoms with van der Waals surface area (Å²) < 4.78 is 49.6. The summed E-state index contributed by atoms with van der Waals surface area (Å²) in [5.74, 6) is -6.38. The molecule has 0 aromatic carbocycles.